The summed E-state index contributed by atoms with van der Waals surface area (Å²) in [5.41, 5.74) is -0.504. The lowest BCUT2D eigenvalue weighted by molar-refractivity contribution is -0.148. The summed E-state index contributed by atoms with van der Waals surface area (Å²) < 4.78 is 4.92. The molecule has 0 bridgehead atoms. The van der Waals surface area contributed by atoms with Gasteiger partial charge in [-0.25, -0.2) is 0 Å². The molecule has 100 valence electrons. The molecule has 1 saturated carbocycles. The first-order valence-electron chi connectivity index (χ1n) is 6.49. The van der Waals surface area contributed by atoms with Crippen LogP contribution in [0.5, 0.6) is 0 Å². The van der Waals surface area contributed by atoms with Crippen molar-refractivity contribution < 1.29 is 9.53 Å². The van der Waals surface area contributed by atoms with E-state index in [1.54, 1.807) is 0 Å². The van der Waals surface area contributed by atoms with Gasteiger partial charge >= 0.3 is 5.97 Å². The van der Waals surface area contributed by atoms with Crippen molar-refractivity contribution in [3.05, 3.63) is 0 Å². The first-order valence-corrected chi connectivity index (χ1v) is 7.54. The number of esters is 1. The van der Waals surface area contributed by atoms with Crippen LogP contribution in [0.2, 0.25) is 0 Å². The van der Waals surface area contributed by atoms with Gasteiger partial charge in [-0.1, -0.05) is 13.8 Å². The predicted octanol–water partition coefficient (Wildman–Crippen LogP) is 2.59. The number of methoxy groups -OCH3 is 1. The predicted molar refractivity (Wildman–Crippen MR) is 73.4 cm³/mol. The van der Waals surface area contributed by atoms with Crippen LogP contribution in [0.25, 0.3) is 0 Å². The Hall–Kier alpha value is -0.220. The van der Waals surface area contributed by atoms with Gasteiger partial charge in [-0.05, 0) is 38.4 Å². The highest BCUT2D eigenvalue weighted by atomic mass is 32.2. The van der Waals surface area contributed by atoms with Gasteiger partial charge < -0.3 is 4.74 Å². The fraction of sp³-hybridized carbons (Fsp3) is 0.923. The van der Waals surface area contributed by atoms with Crippen LogP contribution in [-0.4, -0.2) is 35.7 Å². The van der Waals surface area contributed by atoms with Gasteiger partial charge in [-0.3, -0.25) is 10.1 Å². The normalized spacial score (nSPS) is 20.7. The second-order valence-corrected chi connectivity index (χ2v) is 6.63. The lowest BCUT2D eigenvalue weighted by Gasteiger charge is -2.28. The molecule has 0 saturated heterocycles. The van der Waals surface area contributed by atoms with E-state index >= 15 is 0 Å². The number of thioether (sulfide) groups is 1. The lowest BCUT2D eigenvalue weighted by Crippen LogP contribution is -2.51. The zero-order valence-electron chi connectivity index (χ0n) is 11.4. The molecule has 0 heterocycles. The topological polar surface area (TPSA) is 38.3 Å². The fourth-order valence-electron chi connectivity index (χ4n) is 1.72. The van der Waals surface area contributed by atoms with Crippen molar-refractivity contribution in [2.24, 2.45) is 0 Å². The maximum atomic E-state index is 11.8. The number of ether oxygens (including phenoxy) is 1. The molecule has 0 aromatic heterocycles. The van der Waals surface area contributed by atoms with Crippen molar-refractivity contribution in [1.82, 2.24) is 5.32 Å². The van der Waals surface area contributed by atoms with E-state index < -0.39 is 5.54 Å². The number of hydrogen-bond acceptors (Lipinski definition) is 4. The van der Waals surface area contributed by atoms with Crippen molar-refractivity contribution in [2.75, 3.05) is 12.9 Å². The Morgan fingerprint density at radius 2 is 2.24 bits per heavy atom. The van der Waals surface area contributed by atoms with E-state index in [1.165, 1.54) is 26.4 Å². The summed E-state index contributed by atoms with van der Waals surface area (Å²) in [5, 5.41) is 4.09. The molecule has 2 unspecified atom stereocenters. The highest BCUT2D eigenvalue weighted by molar-refractivity contribution is 7.99. The molecule has 0 amide bonds. The van der Waals surface area contributed by atoms with Crippen molar-refractivity contribution >= 4 is 17.7 Å². The standard InChI is InChI=1S/C13H25NO2S/c1-5-10(2)17-9-8-13(3,12(15)16-4)14-11-6-7-11/h10-11,14H,5-9H2,1-4H3. The van der Waals surface area contributed by atoms with Crippen LogP contribution in [0, 0.1) is 0 Å². The minimum absolute atomic E-state index is 0.130. The molecule has 1 rings (SSSR count). The largest absolute Gasteiger partial charge is 0.468 e. The Bertz CT molecular complexity index is 256. The molecule has 0 spiro atoms. The van der Waals surface area contributed by atoms with Crippen molar-refractivity contribution in [2.45, 2.75) is 63.3 Å². The van der Waals surface area contributed by atoms with Crippen LogP contribution in [0.3, 0.4) is 0 Å². The Morgan fingerprint density at radius 1 is 1.59 bits per heavy atom. The first kappa shape index (κ1) is 14.8. The molecule has 1 aliphatic carbocycles. The summed E-state index contributed by atoms with van der Waals surface area (Å²) in [6.07, 6.45) is 4.39. The second-order valence-electron chi connectivity index (χ2n) is 5.08. The SMILES string of the molecule is CCC(C)SCCC(C)(NC1CC1)C(=O)OC. The number of carbonyl (C=O) groups excluding carboxylic acids is 1. The molecule has 1 N–H and O–H groups in total. The van der Waals surface area contributed by atoms with Gasteiger partial charge in [0.15, 0.2) is 0 Å². The third-order valence-corrected chi connectivity index (χ3v) is 4.66. The molecule has 17 heavy (non-hydrogen) atoms. The highest BCUT2D eigenvalue weighted by Crippen LogP contribution is 2.26. The second kappa shape index (κ2) is 6.64. The summed E-state index contributed by atoms with van der Waals surface area (Å²) in [4.78, 5) is 11.8. The summed E-state index contributed by atoms with van der Waals surface area (Å²) in [5.74, 6) is 0.870. The maximum Gasteiger partial charge on any atom is 0.325 e. The molecule has 0 aromatic carbocycles. The molecular weight excluding hydrogens is 234 g/mol. The molecular formula is C13H25NO2S. The Balaban J connectivity index is 2.42. The van der Waals surface area contributed by atoms with E-state index in [4.69, 9.17) is 4.74 Å². The Kier molecular flexibility index (Phi) is 5.80. The zero-order valence-corrected chi connectivity index (χ0v) is 12.2. The van der Waals surface area contributed by atoms with Gasteiger partial charge in [0.1, 0.15) is 5.54 Å². The zero-order chi connectivity index (χ0) is 12.9. The van der Waals surface area contributed by atoms with Crippen molar-refractivity contribution in [3.8, 4) is 0 Å². The van der Waals surface area contributed by atoms with Gasteiger partial charge in [0.05, 0.1) is 7.11 Å². The monoisotopic (exact) mass is 259 g/mol. The van der Waals surface area contributed by atoms with Crippen LogP contribution in [0.4, 0.5) is 0 Å². The van der Waals surface area contributed by atoms with Gasteiger partial charge in [0.25, 0.3) is 0 Å². The van der Waals surface area contributed by atoms with Gasteiger partial charge in [0, 0.05) is 11.3 Å². The smallest absolute Gasteiger partial charge is 0.325 e. The van der Waals surface area contributed by atoms with E-state index in [2.05, 4.69) is 19.2 Å². The summed E-state index contributed by atoms with van der Waals surface area (Å²) in [6.45, 7) is 6.39. The molecule has 0 aromatic rings. The van der Waals surface area contributed by atoms with E-state index in [0.717, 1.165) is 12.2 Å². The summed E-state index contributed by atoms with van der Waals surface area (Å²) in [6, 6.07) is 0.521. The summed E-state index contributed by atoms with van der Waals surface area (Å²) in [7, 11) is 1.47. The van der Waals surface area contributed by atoms with Gasteiger partial charge in [-0.15, -0.1) is 0 Å². The van der Waals surface area contributed by atoms with Crippen LogP contribution < -0.4 is 5.32 Å². The number of nitrogens with one attached hydrogen (secondary N) is 1. The average molecular weight is 259 g/mol. The third kappa shape index (κ3) is 4.88. The van der Waals surface area contributed by atoms with Gasteiger partial charge in [-0.2, -0.15) is 11.8 Å². The Labute approximate surface area is 109 Å². The molecule has 1 aliphatic rings. The van der Waals surface area contributed by atoms with E-state index in [-0.39, 0.29) is 5.97 Å². The average Bonchev–Trinajstić information content (AvgIpc) is 3.11. The molecule has 0 aliphatic heterocycles. The van der Waals surface area contributed by atoms with Crippen LogP contribution in [0.15, 0.2) is 0 Å². The maximum absolute atomic E-state index is 11.8. The van der Waals surface area contributed by atoms with E-state index in [9.17, 15) is 4.79 Å². The third-order valence-electron chi connectivity index (χ3n) is 3.32. The first-order chi connectivity index (χ1) is 8.01. The lowest BCUT2D eigenvalue weighted by atomic mass is 9.99. The number of rotatable bonds is 8. The quantitative estimate of drug-likeness (QED) is 0.680. The van der Waals surface area contributed by atoms with Crippen molar-refractivity contribution in [3.63, 3.8) is 0 Å². The van der Waals surface area contributed by atoms with Crippen LogP contribution in [0.1, 0.15) is 46.5 Å². The number of hydrogen-bond donors (Lipinski definition) is 1. The molecule has 0 radical (unpaired) electrons. The van der Waals surface area contributed by atoms with Gasteiger partial charge in [0.2, 0.25) is 0 Å². The van der Waals surface area contributed by atoms with Crippen LogP contribution in [-0.2, 0) is 9.53 Å². The highest BCUT2D eigenvalue weighted by Gasteiger charge is 2.38. The minimum atomic E-state index is -0.504. The Morgan fingerprint density at radius 3 is 2.71 bits per heavy atom. The molecule has 1 fully saturated rings. The van der Waals surface area contributed by atoms with E-state index in [0.29, 0.717) is 11.3 Å². The fourth-order valence-corrected chi connectivity index (χ4v) is 2.88. The molecule has 4 heteroatoms. The van der Waals surface area contributed by atoms with Crippen LogP contribution >= 0.6 is 11.8 Å². The summed E-state index contributed by atoms with van der Waals surface area (Å²) >= 11 is 1.93. The number of carbonyl (C=O) groups is 1. The molecule has 2 atom stereocenters. The van der Waals surface area contributed by atoms with E-state index in [1.807, 2.05) is 18.7 Å². The molecule has 3 nitrogen and oxygen atoms in total. The minimum Gasteiger partial charge on any atom is -0.468 e. The van der Waals surface area contributed by atoms with Crippen molar-refractivity contribution in [1.29, 1.82) is 0 Å².